The molecule has 0 unspecified atom stereocenters. The normalized spacial score (nSPS) is 15.5. The molecule has 0 aliphatic heterocycles. The van der Waals surface area contributed by atoms with Gasteiger partial charge in [0.1, 0.15) is 11.6 Å². The zero-order valence-electron chi connectivity index (χ0n) is 15.4. The molecule has 1 saturated carbocycles. The van der Waals surface area contributed by atoms with Crippen LogP contribution in [0.3, 0.4) is 0 Å². The fourth-order valence-electron chi connectivity index (χ4n) is 3.29. The molecule has 26 heavy (non-hydrogen) atoms. The molecule has 0 radical (unpaired) electrons. The first-order valence-corrected chi connectivity index (χ1v) is 10.1. The van der Waals surface area contributed by atoms with Crippen LogP contribution in [-0.4, -0.2) is 39.6 Å². The fraction of sp³-hybridized carbons (Fsp3) is 0.526. The summed E-state index contributed by atoms with van der Waals surface area (Å²) in [6.45, 7) is 1.91. The van der Waals surface area contributed by atoms with Crippen molar-refractivity contribution in [1.82, 2.24) is 20.1 Å². The highest BCUT2D eigenvalue weighted by Crippen LogP contribution is 2.24. The number of hydrogen-bond donors (Lipinski definition) is 1. The van der Waals surface area contributed by atoms with E-state index in [1.807, 2.05) is 35.8 Å². The minimum atomic E-state index is 0.0730. The molecule has 1 N–H and O–H groups in total. The molecule has 1 heterocycles. The lowest BCUT2D eigenvalue weighted by molar-refractivity contribution is -0.119. The number of benzene rings is 1. The van der Waals surface area contributed by atoms with Gasteiger partial charge in [-0.15, -0.1) is 10.2 Å². The highest BCUT2D eigenvalue weighted by atomic mass is 32.2. The highest BCUT2D eigenvalue weighted by molar-refractivity contribution is 7.99. The molecular weight excluding hydrogens is 348 g/mol. The maximum atomic E-state index is 12.3. The van der Waals surface area contributed by atoms with Crippen LogP contribution in [0.4, 0.5) is 0 Å². The summed E-state index contributed by atoms with van der Waals surface area (Å²) in [5.74, 6) is 2.02. The zero-order valence-corrected chi connectivity index (χ0v) is 16.2. The van der Waals surface area contributed by atoms with Gasteiger partial charge in [0.15, 0.2) is 5.16 Å². The van der Waals surface area contributed by atoms with Gasteiger partial charge in [-0.3, -0.25) is 9.36 Å². The lowest BCUT2D eigenvalue weighted by atomic mass is 10.1. The summed E-state index contributed by atoms with van der Waals surface area (Å²) in [4.78, 5) is 12.3. The zero-order chi connectivity index (χ0) is 18.4. The second-order valence-corrected chi connectivity index (χ2v) is 7.55. The molecule has 0 atom stereocenters. The maximum absolute atomic E-state index is 12.3. The van der Waals surface area contributed by atoms with E-state index in [1.54, 1.807) is 7.11 Å². The van der Waals surface area contributed by atoms with Gasteiger partial charge in [-0.25, -0.2) is 0 Å². The van der Waals surface area contributed by atoms with E-state index < -0.39 is 0 Å². The molecule has 0 bridgehead atoms. The van der Waals surface area contributed by atoms with Crippen LogP contribution in [0, 0.1) is 6.92 Å². The lowest BCUT2D eigenvalue weighted by Crippen LogP contribution is -2.35. The summed E-state index contributed by atoms with van der Waals surface area (Å²) >= 11 is 1.42. The number of hydrogen-bond acceptors (Lipinski definition) is 5. The average Bonchev–Trinajstić information content (AvgIpc) is 2.84. The summed E-state index contributed by atoms with van der Waals surface area (Å²) in [5.41, 5.74) is 0.958. The van der Waals surface area contributed by atoms with Crippen molar-refractivity contribution in [3.8, 4) is 11.4 Å². The van der Waals surface area contributed by atoms with Gasteiger partial charge in [0.25, 0.3) is 0 Å². The average molecular weight is 375 g/mol. The minimum absolute atomic E-state index is 0.0730. The summed E-state index contributed by atoms with van der Waals surface area (Å²) in [7, 11) is 1.65. The second-order valence-electron chi connectivity index (χ2n) is 6.61. The first-order valence-electron chi connectivity index (χ1n) is 9.16. The molecule has 1 aliphatic rings. The number of nitrogens with zero attached hydrogens (tertiary/aromatic N) is 3. The van der Waals surface area contributed by atoms with Gasteiger partial charge in [0.2, 0.25) is 5.91 Å². The lowest BCUT2D eigenvalue weighted by Gasteiger charge is -2.16. The molecule has 140 valence electrons. The van der Waals surface area contributed by atoms with Crippen molar-refractivity contribution in [3.63, 3.8) is 0 Å². The van der Waals surface area contributed by atoms with Crippen molar-refractivity contribution in [2.45, 2.75) is 56.6 Å². The van der Waals surface area contributed by atoms with Crippen molar-refractivity contribution < 1.29 is 9.53 Å². The number of amides is 1. The van der Waals surface area contributed by atoms with Crippen molar-refractivity contribution in [3.05, 3.63) is 30.1 Å². The number of nitrogens with one attached hydrogen (secondary N) is 1. The van der Waals surface area contributed by atoms with E-state index in [9.17, 15) is 4.79 Å². The predicted octanol–water partition coefficient (Wildman–Crippen LogP) is 3.52. The third-order valence-electron chi connectivity index (χ3n) is 4.68. The van der Waals surface area contributed by atoms with E-state index in [-0.39, 0.29) is 5.91 Å². The molecule has 1 amide bonds. The van der Waals surface area contributed by atoms with Gasteiger partial charge >= 0.3 is 0 Å². The first-order chi connectivity index (χ1) is 12.7. The number of aromatic nitrogens is 3. The number of thioether (sulfide) groups is 1. The number of carbonyl (C=O) groups excluding carboxylic acids is 1. The Kier molecular flexibility index (Phi) is 6.55. The fourth-order valence-corrected chi connectivity index (χ4v) is 4.10. The van der Waals surface area contributed by atoms with E-state index >= 15 is 0 Å². The Balaban J connectivity index is 1.62. The molecule has 2 aromatic rings. The van der Waals surface area contributed by atoms with E-state index in [2.05, 4.69) is 15.5 Å². The summed E-state index contributed by atoms with van der Waals surface area (Å²) < 4.78 is 7.17. The molecule has 1 aromatic carbocycles. The summed E-state index contributed by atoms with van der Waals surface area (Å²) in [6.07, 6.45) is 7.18. The van der Waals surface area contributed by atoms with Crippen LogP contribution in [0.15, 0.2) is 29.4 Å². The molecule has 7 heteroatoms. The largest absolute Gasteiger partial charge is 0.497 e. The standard InChI is InChI=1S/C19H26N4O2S/c1-14-21-22-19(23(14)16-9-11-17(25-2)12-10-16)26-13-18(24)20-15-7-5-3-4-6-8-15/h9-12,15H,3-8,13H2,1-2H3,(H,20,24). The summed E-state index contributed by atoms with van der Waals surface area (Å²) in [6, 6.07) is 8.06. The molecule has 0 saturated heterocycles. The molecular formula is C19H26N4O2S. The van der Waals surface area contributed by atoms with Crippen LogP contribution >= 0.6 is 11.8 Å². The van der Waals surface area contributed by atoms with Gasteiger partial charge in [-0.05, 0) is 44.0 Å². The number of carbonyl (C=O) groups is 1. The first kappa shape index (κ1) is 18.8. The molecule has 0 spiro atoms. The Morgan fingerprint density at radius 2 is 1.88 bits per heavy atom. The van der Waals surface area contributed by atoms with Gasteiger partial charge in [0, 0.05) is 11.7 Å². The minimum Gasteiger partial charge on any atom is -0.497 e. The van der Waals surface area contributed by atoms with Gasteiger partial charge < -0.3 is 10.1 Å². The Morgan fingerprint density at radius 3 is 2.54 bits per heavy atom. The third kappa shape index (κ3) is 4.78. The topological polar surface area (TPSA) is 69.0 Å². The number of methoxy groups -OCH3 is 1. The molecule has 3 rings (SSSR count). The Morgan fingerprint density at radius 1 is 1.19 bits per heavy atom. The third-order valence-corrected chi connectivity index (χ3v) is 5.61. The van der Waals surface area contributed by atoms with Crippen LogP contribution in [0.1, 0.15) is 44.3 Å². The van der Waals surface area contributed by atoms with E-state index in [4.69, 9.17) is 4.74 Å². The van der Waals surface area contributed by atoms with Crippen LogP contribution in [0.5, 0.6) is 5.75 Å². The Hall–Kier alpha value is -2.02. The van der Waals surface area contributed by atoms with Crippen LogP contribution < -0.4 is 10.1 Å². The molecule has 6 nitrogen and oxygen atoms in total. The quantitative estimate of drug-likeness (QED) is 0.619. The SMILES string of the molecule is COc1ccc(-n2c(C)nnc2SCC(=O)NC2CCCCCC2)cc1. The monoisotopic (exact) mass is 374 g/mol. The van der Waals surface area contributed by atoms with Crippen molar-refractivity contribution in [2.24, 2.45) is 0 Å². The maximum Gasteiger partial charge on any atom is 0.230 e. The van der Waals surface area contributed by atoms with E-state index in [0.29, 0.717) is 11.8 Å². The van der Waals surface area contributed by atoms with E-state index in [0.717, 1.165) is 35.3 Å². The van der Waals surface area contributed by atoms with Crippen LogP contribution in [-0.2, 0) is 4.79 Å². The van der Waals surface area contributed by atoms with Crippen LogP contribution in [0.25, 0.3) is 5.69 Å². The van der Waals surface area contributed by atoms with Gasteiger partial charge in [-0.1, -0.05) is 37.4 Å². The summed E-state index contributed by atoms with van der Waals surface area (Å²) in [5, 5.41) is 12.3. The van der Waals surface area contributed by atoms with Crippen molar-refractivity contribution in [1.29, 1.82) is 0 Å². The Bertz CT molecular complexity index is 722. The predicted molar refractivity (Wildman–Crippen MR) is 103 cm³/mol. The molecule has 1 fully saturated rings. The van der Waals surface area contributed by atoms with Crippen molar-refractivity contribution >= 4 is 17.7 Å². The number of rotatable bonds is 6. The number of aryl methyl sites for hydroxylation is 1. The van der Waals surface area contributed by atoms with Gasteiger partial charge in [0.05, 0.1) is 12.9 Å². The van der Waals surface area contributed by atoms with Crippen LogP contribution in [0.2, 0.25) is 0 Å². The van der Waals surface area contributed by atoms with Crippen molar-refractivity contribution in [2.75, 3.05) is 12.9 Å². The second kappa shape index (κ2) is 9.07. The molecule has 1 aliphatic carbocycles. The van der Waals surface area contributed by atoms with Gasteiger partial charge in [-0.2, -0.15) is 0 Å². The number of ether oxygens (including phenoxy) is 1. The van der Waals surface area contributed by atoms with E-state index in [1.165, 1.54) is 37.4 Å². The molecule has 1 aromatic heterocycles. The highest BCUT2D eigenvalue weighted by Gasteiger charge is 2.17. The Labute approximate surface area is 158 Å². The smallest absolute Gasteiger partial charge is 0.230 e.